The van der Waals surface area contributed by atoms with Gasteiger partial charge in [-0.1, -0.05) is 6.07 Å². The third kappa shape index (κ3) is 3.49. The molecule has 3 rings (SSSR count). The van der Waals surface area contributed by atoms with Gasteiger partial charge in [0.2, 0.25) is 5.89 Å². The van der Waals surface area contributed by atoms with Gasteiger partial charge in [-0.25, -0.2) is 17.8 Å². The van der Waals surface area contributed by atoms with Crippen LogP contribution in [0, 0.1) is 5.82 Å². The summed E-state index contributed by atoms with van der Waals surface area (Å²) in [6, 6.07) is 8.35. The summed E-state index contributed by atoms with van der Waals surface area (Å²) in [5.41, 5.74) is 0.665. The third-order valence-electron chi connectivity index (χ3n) is 3.11. The molecule has 0 aliphatic heterocycles. The van der Waals surface area contributed by atoms with Crippen LogP contribution in [0.25, 0.3) is 11.3 Å². The van der Waals surface area contributed by atoms with Crippen LogP contribution in [0.15, 0.2) is 56.6 Å². The lowest BCUT2D eigenvalue weighted by Gasteiger charge is -2.09. The van der Waals surface area contributed by atoms with Gasteiger partial charge in [0.1, 0.15) is 10.0 Å². The van der Waals surface area contributed by atoms with Crippen molar-refractivity contribution in [1.82, 2.24) is 9.71 Å². The number of rotatable bonds is 5. The standard InChI is InChI=1S/C15H13FN2O3S2/c1-10(18-23(19,20)14-3-2-8-22-14)15-17-9-13(21-15)11-4-6-12(16)7-5-11/h2-10,18H,1H3. The van der Waals surface area contributed by atoms with Crippen LogP contribution >= 0.6 is 11.3 Å². The van der Waals surface area contributed by atoms with Crippen molar-refractivity contribution in [1.29, 1.82) is 0 Å². The first-order chi connectivity index (χ1) is 11.0. The Morgan fingerprint density at radius 1 is 1.26 bits per heavy atom. The predicted octanol–water partition coefficient (Wildman–Crippen LogP) is 3.58. The van der Waals surface area contributed by atoms with Gasteiger partial charge in [0.05, 0.1) is 12.2 Å². The first-order valence-electron chi connectivity index (χ1n) is 6.73. The molecule has 3 aromatic rings. The van der Waals surface area contributed by atoms with Crippen LogP contribution in [0.3, 0.4) is 0 Å². The van der Waals surface area contributed by atoms with E-state index in [0.717, 1.165) is 11.3 Å². The number of sulfonamides is 1. The molecule has 23 heavy (non-hydrogen) atoms. The van der Waals surface area contributed by atoms with Crippen molar-refractivity contribution in [3.05, 3.63) is 59.7 Å². The monoisotopic (exact) mass is 352 g/mol. The summed E-state index contributed by atoms with van der Waals surface area (Å²) in [7, 11) is -3.61. The normalized spacial score (nSPS) is 13.1. The molecule has 0 aliphatic rings. The van der Waals surface area contributed by atoms with E-state index in [0.29, 0.717) is 11.3 Å². The molecule has 0 spiro atoms. The average Bonchev–Trinajstić information content (AvgIpc) is 3.20. The Balaban J connectivity index is 1.79. The summed E-state index contributed by atoms with van der Waals surface area (Å²) in [5, 5.41) is 1.69. The molecule has 0 saturated carbocycles. The molecule has 1 N–H and O–H groups in total. The van der Waals surface area contributed by atoms with Crippen molar-refractivity contribution in [2.24, 2.45) is 0 Å². The molecule has 0 bridgehead atoms. The van der Waals surface area contributed by atoms with Gasteiger partial charge in [0.25, 0.3) is 10.0 Å². The fourth-order valence-electron chi connectivity index (χ4n) is 1.99. The van der Waals surface area contributed by atoms with E-state index in [9.17, 15) is 12.8 Å². The summed E-state index contributed by atoms with van der Waals surface area (Å²) in [5.74, 6) is 0.345. The van der Waals surface area contributed by atoms with Crippen LogP contribution < -0.4 is 4.72 Å². The average molecular weight is 352 g/mol. The second-order valence-corrected chi connectivity index (χ2v) is 7.73. The summed E-state index contributed by atoms with van der Waals surface area (Å²) in [4.78, 5) is 4.10. The highest BCUT2D eigenvalue weighted by Gasteiger charge is 2.22. The Hall–Kier alpha value is -2.03. The number of halogens is 1. The molecule has 0 amide bonds. The highest BCUT2D eigenvalue weighted by atomic mass is 32.2. The van der Waals surface area contributed by atoms with Gasteiger partial charge in [-0.3, -0.25) is 0 Å². The summed E-state index contributed by atoms with van der Waals surface area (Å²) >= 11 is 1.13. The van der Waals surface area contributed by atoms with E-state index in [2.05, 4.69) is 9.71 Å². The third-order valence-corrected chi connectivity index (χ3v) is 6.05. The zero-order chi connectivity index (χ0) is 16.4. The highest BCUT2D eigenvalue weighted by Crippen LogP contribution is 2.25. The van der Waals surface area contributed by atoms with Crippen molar-refractivity contribution < 1.29 is 17.2 Å². The molecule has 0 radical (unpaired) electrons. The van der Waals surface area contributed by atoms with Crippen LogP contribution in [0.5, 0.6) is 0 Å². The summed E-state index contributed by atoms with van der Waals surface area (Å²) in [6.45, 7) is 1.64. The minimum atomic E-state index is -3.61. The van der Waals surface area contributed by atoms with E-state index >= 15 is 0 Å². The maximum Gasteiger partial charge on any atom is 0.250 e. The van der Waals surface area contributed by atoms with Gasteiger partial charge in [-0.2, -0.15) is 4.72 Å². The predicted molar refractivity (Wildman–Crippen MR) is 85.0 cm³/mol. The minimum Gasteiger partial charge on any atom is -0.439 e. The molecule has 5 nitrogen and oxygen atoms in total. The Labute approximate surface area is 136 Å². The van der Waals surface area contributed by atoms with E-state index in [1.54, 1.807) is 30.5 Å². The van der Waals surface area contributed by atoms with Gasteiger partial charge in [-0.15, -0.1) is 11.3 Å². The van der Waals surface area contributed by atoms with Gasteiger partial charge in [0, 0.05) is 5.56 Å². The molecule has 8 heteroatoms. The molecule has 1 atom stereocenters. The topological polar surface area (TPSA) is 72.2 Å². The number of nitrogens with zero attached hydrogens (tertiary/aromatic N) is 1. The number of nitrogens with one attached hydrogen (secondary N) is 1. The lowest BCUT2D eigenvalue weighted by Crippen LogP contribution is -2.26. The molecule has 0 fully saturated rings. The molecule has 2 heterocycles. The fraction of sp³-hybridized carbons (Fsp3) is 0.133. The zero-order valence-corrected chi connectivity index (χ0v) is 13.7. The Kier molecular flexibility index (Phi) is 4.29. The van der Waals surface area contributed by atoms with Crippen LogP contribution in [0.4, 0.5) is 4.39 Å². The number of hydrogen-bond donors (Lipinski definition) is 1. The largest absolute Gasteiger partial charge is 0.439 e. The van der Waals surface area contributed by atoms with Crippen LogP contribution in [-0.4, -0.2) is 13.4 Å². The smallest absolute Gasteiger partial charge is 0.250 e. The van der Waals surface area contributed by atoms with Crippen molar-refractivity contribution in [3.8, 4) is 11.3 Å². The van der Waals surface area contributed by atoms with E-state index in [1.165, 1.54) is 24.4 Å². The summed E-state index contributed by atoms with van der Waals surface area (Å²) < 4.78 is 45.6. The van der Waals surface area contributed by atoms with Crippen molar-refractivity contribution in [2.45, 2.75) is 17.2 Å². The minimum absolute atomic E-state index is 0.231. The summed E-state index contributed by atoms with van der Waals surface area (Å²) in [6.07, 6.45) is 1.48. The van der Waals surface area contributed by atoms with E-state index < -0.39 is 16.1 Å². The fourth-order valence-corrected chi connectivity index (χ4v) is 4.20. The molecule has 0 saturated heterocycles. The van der Waals surface area contributed by atoms with Crippen molar-refractivity contribution in [3.63, 3.8) is 0 Å². The number of benzene rings is 1. The van der Waals surface area contributed by atoms with Gasteiger partial charge in [0.15, 0.2) is 5.76 Å². The second kappa shape index (κ2) is 6.23. The quantitative estimate of drug-likeness (QED) is 0.762. The number of oxazole rings is 1. The molecule has 2 aromatic heterocycles. The first kappa shape index (κ1) is 15.9. The maximum atomic E-state index is 12.9. The van der Waals surface area contributed by atoms with E-state index in [4.69, 9.17) is 4.42 Å². The van der Waals surface area contributed by atoms with Crippen molar-refractivity contribution in [2.75, 3.05) is 0 Å². The maximum absolute atomic E-state index is 12.9. The lowest BCUT2D eigenvalue weighted by molar-refractivity contribution is 0.452. The van der Waals surface area contributed by atoms with Gasteiger partial charge in [-0.05, 0) is 42.6 Å². The Morgan fingerprint density at radius 3 is 2.65 bits per heavy atom. The van der Waals surface area contributed by atoms with E-state index in [1.807, 2.05) is 0 Å². The molecule has 1 aromatic carbocycles. The zero-order valence-electron chi connectivity index (χ0n) is 12.1. The Morgan fingerprint density at radius 2 is 2.00 bits per heavy atom. The molecule has 0 aliphatic carbocycles. The van der Waals surface area contributed by atoms with E-state index in [-0.39, 0.29) is 15.9 Å². The van der Waals surface area contributed by atoms with Crippen LogP contribution in [0.1, 0.15) is 18.9 Å². The number of thiophene rings is 1. The molecular weight excluding hydrogens is 339 g/mol. The highest BCUT2D eigenvalue weighted by molar-refractivity contribution is 7.91. The second-order valence-electron chi connectivity index (χ2n) is 4.84. The van der Waals surface area contributed by atoms with Gasteiger partial charge < -0.3 is 4.42 Å². The van der Waals surface area contributed by atoms with Crippen LogP contribution in [0.2, 0.25) is 0 Å². The Bertz CT molecular complexity index is 887. The molecule has 120 valence electrons. The van der Waals surface area contributed by atoms with Gasteiger partial charge >= 0.3 is 0 Å². The molecular formula is C15H13FN2O3S2. The lowest BCUT2D eigenvalue weighted by atomic mass is 10.2. The van der Waals surface area contributed by atoms with Crippen LogP contribution in [-0.2, 0) is 10.0 Å². The SMILES string of the molecule is CC(NS(=O)(=O)c1cccs1)c1ncc(-c2ccc(F)cc2)o1. The molecule has 1 unspecified atom stereocenters. The first-order valence-corrected chi connectivity index (χ1v) is 9.09. The number of aromatic nitrogens is 1. The van der Waals surface area contributed by atoms with Crippen molar-refractivity contribution >= 4 is 21.4 Å². The number of hydrogen-bond acceptors (Lipinski definition) is 5.